The van der Waals surface area contributed by atoms with Crippen molar-refractivity contribution < 1.29 is 14.7 Å². The molecule has 0 bridgehead atoms. The van der Waals surface area contributed by atoms with Gasteiger partial charge in [-0.25, -0.2) is 0 Å². The van der Waals surface area contributed by atoms with Crippen LogP contribution in [0.2, 0.25) is 0 Å². The Labute approximate surface area is 133 Å². The fraction of sp³-hybridized carbons (Fsp3) is 0.500. The minimum Gasteiger partial charge on any atom is -0.481 e. The fourth-order valence-corrected chi connectivity index (χ4v) is 2.87. The minimum absolute atomic E-state index is 0.00442. The summed E-state index contributed by atoms with van der Waals surface area (Å²) in [4.78, 5) is 25.4. The largest absolute Gasteiger partial charge is 0.481 e. The predicted octanol–water partition coefficient (Wildman–Crippen LogP) is 3.19. The molecular formula is C16H20BrNO3. The number of hydrogen-bond donors (Lipinski definition) is 1. The van der Waals surface area contributed by atoms with Gasteiger partial charge >= 0.3 is 5.97 Å². The standard InChI is InChI=1S/C16H20BrNO3/c1-11(2)18(10-7-14(19)20)15(21)16(8-9-16)12-3-5-13(17)6-4-12/h3-6,11H,7-10H2,1-2H3,(H,19,20). The van der Waals surface area contributed by atoms with Crippen molar-refractivity contribution in [1.82, 2.24) is 4.90 Å². The van der Waals surface area contributed by atoms with Gasteiger partial charge in [-0.1, -0.05) is 28.1 Å². The molecule has 2 rings (SSSR count). The molecule has 0 radical (unpaired) electrons. The van der Waals surface area contributed by atoms with Crippen LogP contribution in [0.25, 0.3) is 0 Å². The Morgan fingerprint density at radius 3 is 2.29 bits per heavy atom. The highest BCUT2D eigenvalue weighted by Crippen LogP contribution is 2.50. The third-order valence-corrected chi connectivity index (χ3v) is 4.54. The van der Waals surface area contributed by atoms with Gasteiger partial charge in [0.25, 0.3) is 0 Å². The SMILES string of the molecule is CC(C)N(CCC(=O)O)C(=O)C1(c2ccc(Br)cc2)CC1. The first kappa shape index (κ1) is 16.0. The van der Waals surface area contributed by atoms with Gasteiger partial charge in [0, 0.05) is 17.1 Å². The van der Waals surface area contributed by atoms with Gasteiger partial charge in [0.1, 0.15) is 0 Å². The van der Waals surface area contributed by atoms with Crippen LogP contribution in [0.1, 0.15) is 38.7 Å². The number of rotatable bonds is 6. The molecule has 0 aromatic heterocycles. The van der Waals surface area contributed by atoms with Crippen LogP contribution in [0.4, 0.5) is 0 Å². The van der Waals surface area contributed by atoms with Gasteiger partial charge in [-0.2, -0.15) is 0 Å². The Morgan fingerprint density at radius 2 is 1.86 bits per heavy atom. The maximum Gasteiger partial charge on any atom is 0.305 e. The molecule has 1 aliphatic carbocycles. The first-order chi connectivity index (χ1) is 9.86. The number of carbonyl (C=O) groups is 2. The molecule has 0 spiro atoms. The molecule has 1 saturated carbocycles. The van der Waals surface area contributed by atoms with E-state index in [4.69, 9.17) is 5.11 Å². The van der Waals surface area contributed by atoms with Gasteiger partial charge < -0.3 is 10.0 Å². The first-order valence-electron chi connectivity index (χ1n) is 7.16. The van der Waals surface area contributed by atoms with E-state index in [1.165, 1.54) is 0 Å². The van der Waals surface area contributed by atoms with Crippen molar-refractivity contribution >= 4 is 27.8 Å². The maximum atomic E-state index is 12.9. The molecule has 0 heterocycles. The van der Waals surface area contributed by atoms with E-state index < -0.39 is 11.4 Å². The van der Waals surface area contributed by atoms with E-state index in [0.717, 1.165) is 22.9 Å². The summed E-state index contributed by atoms with van der Waals surface area (Å²) in [6, 6.07) is 7.85. The average molecular weight is 354 g/mol. The van der Waals surface area contributed by atoms with E-state index in [-0.39, 0.29) is 24.9 Å². The molecule has 4 nitrogen and oxygen atoms in total. The van der Waals surface area contributed by atoms with E-state index in [9.17, 15) is 9.59 Å². The Kier molecular flexibility index (Phi) is 4.71. The summed E-state index contributed by atoms with van der Waals surface area (Å²) in [5.74, 6) is -0.817. The quantitative estimate of drug-likeness (QED) is 0.854. The number of nitrogens with zero attached hydrogens (tertiary/aromatic N) is 1. The van der Waals surface area contributed by atoms with Crippen molar-refractivity contribution in [3.05, 3.63) is 34.3 Å². The molecular weight excluding hydrogens is 334 g/mol. The highest BCUT2D eigenvalue weighted by molar-refractivity contribution is 9.10. The second kappa shape index (κ2) is 6.18. The summed E-state index contributed by atoms with van der Waals surface area (Å²) in [6.07, 6.45) is 1.66. The lowest BCUT2D eigenvalue weighted by molar-refractivity contribution is -0.140. The lowest BCUT2D eigenvalue weighted by Gasteiger charge is -2.30. The van der Waals surface area contributed by atoms with Gasteiger partial charge in [0.2, 0.25) is 5.91 Å². The second-order valence-corrected chi connectivity index (χ2v) is 6.74. The average Bonchev–Trinajstić information content (AvgIpc) is 3.20. The number of carbonyl (C=O) groups excluding carboxylic acids is 1. The fourth-order valence-electron chi connectivity index (χ4n) is 2.61. The zero-order chi connectivity index (χ0) is 15.6. The molecule has 1 N–H and O–H groups in total. The third kappa shape index (κ3) is 3.46. The van der Waals surface area contributed by atoms with Crippen LogP contribution >= 0.6 is 15.9 Å². The van der Waals surface area contributed by atoms with Gasteiger partial charge in [-0.3, -0.25) is 9.59 Å². The van der Waals surface area contributed by atoms with Crippen molar-refractivity contribution in [2.24, 2.45) is 0 Å². The van der Waals surface area contributed by atoms with Crippen LogP contribution < -0.4 is 0 Å². The lowest BCUT2D eigenvalue weighted by atomic mass is 9.93. The van der Waals surface area contributed by atoms with Crippen molar-refractivity contribution in [2.45, 2.75) is 44.6 Å². The lowest BCUT2D eigenvalue weighted by Crippen LogP contribution is -2.44. The molecule has 21 heavy (non-hydrogen) atoms. The third-order valence-electron chi connectivity index (χ3n) is 4.01. The molecule has 1 aromatic carbocycles. The van der Waals surface area contributed by atoms with Crippen LogP contribution in [-0.4, -0.2) is 34.5 Å². The number of hydrogen-bond acceptors (Lipinski definition) is 2. The number of carboxylic acids is 1. The molecule has 1 amide bonds. The van der Waals surface area contributed by atoms with Gasteiger partial charge in [-0.05, 0) is 44.4 Å². The van der Waals surface area contributed by atoms with Crippen LogP contribution in [-0.2, 0) is 15.0 Å². The van der Waals surface area contributed by atoms with E-state index in [0.29, 0.717) is 0 Å². The smallest absolute Gasteiger partial charge is 0.305 e. The van der Waals surface area contributed by atoms with E-state index in [1.807, 2.05) is 38.1 Å². The first-order valence-corrected chi connectivity index (χ1v) is 7.95. The molecule has 114 valence electrons. The monoisotopic (exact) mass is 353 g/mol. The topological polar surface area (TPSA) is 57.6 Å². The summed E-state index contributed by atoms with van der Waals surface area (Å²) in [5, 5.41) is 8.85. The summed E-state index contributed by atoms with van der Waals surface area (Å²) < 4.78 is 0.987. The van der Waals surface area contributed by atoms with Crippen molar-refractivity contribution in [1.29, 1.82) is 0 Å². The van der Waals surface area contributed by atoms with E-state index in [1.54, 1.807) is 4.90 Å². The number of amides is 1. The molecule has 1 fully saturated rings. The Morgan fingerprint density at radius 1 is 1.29 bits per heavy atom. The van der Waals surface area contributed by atoms with Crippen molar-refractivity contribution in [3.8, 4) is 0 Å². The second-order valence-electron chi connectivity index (χ2n) is 5.83. The molecule has 5 heteroatoms. The number of halogens is 1. The van der Waals surface area contributed by atoms with E-state index >= 15 is 0 Å². The highest BCUT2D eigenvalue weighted by atomic mass is 79.9. The molecule has 1 aromatic rings. The molecule has 1 aliphatic rings. The summed E-state index contributed by atoms with van der Waals surface area (Å²) in [7, 11) is 0. The summed E-state index contributed by atoms with van der Waals surface area (Å²) in [5.41, 5.74) is 0.584. The van der Waals surface area contributed by atoms with Crippen molar-refractivity contribution in [2.75, 3.05) is 6.54 Å². The van der Waals surface area contributed by atoms with Crippen LogP contribution in [0.15, 0.2) is 28.7 Å². The summed E-state index contributed by atoms with van der Waals surface area (Å²) in [6.45, 7) is 4.12. The zero-order valence-electron chi connectivity index (χ0n) is 12.3. The minimum atomic E-state index is -0.873. The van der Waals surface area contributed by atoms with Gasteiger partial charge in [-0.15, -0.1) is 0 Å². The van der Waals surface area contributed by atoms with Crippen LogP contribution in [0, 0.1) is 0 Å². The molecule has 0 saturated heterocycles. The molecule has 0 aliphatic heterocycles. The Hall–Kier alpha value is -1.36. The van der Waals surface area contributed by atoms with Gasteiger partial charge in [0.15, 0.2) is 0 Å². The number of benzene rings is 1. The Bertz CT molecular complexity index is 535. The number of aliphatic carboxylic acids is 1. The van der Waals surface area contributed by atoms with Crippen LogP contribution in [0.3, 0.4) is 0 Å². The highest BCUT2D eigenvalue weighted by Gasteiger charge is 2.53. The zero-order valence-corrected chi connectivity index (χ0v) is 13.9. The van der Waals surface area contributed by atoms with Gasteiger partial charge in [0.05, 0.1) is 11.8 Å². The van der Waals surface area contributed by atoms with Crippen LogP contribution in [0.5, 0.6) is 0 Å². The molecule has 0 atom stereocenters. The van der Waals surface area contributed by atoms with Crippen molar-refractivity contribution in [3.63, 3.8) is 0 Å². The van der Waals surface area contributed by atoms with E-state index in [2.05, 4.69) is 15.9 Å². The molecule has 0 unspecified atom stereocenters. The predicted molar refractivity (Wildman–Crippen MR) is 84.2 cm³/mol. The Balaban J connectivity index is 2.19. The normalized spacial score (nSPS) is 15.8. The summed E-state index contributed by atoms with van der Waals surface area (Å²) >= 11 is 3.40. The maximum absolute atomic E-state index is 12.9. The number of carboxylic acid groups (broad SMARTS) is 1.